The number of methoxy groups -OCH3 is 1. The Hall–Kier alpha value is -1.72. The van der Waals surface area contributed by atoms with Gasteiger partial charge in [0.2, 0.25) is 0 Å². The van der Waals surface area contributed by atoms with Gasteiger partial charge in [0.25, 0.3) is 5.91 Å². The molecule has 2 aromatic rings. The number of amides is 1. The fourth-order valence-electron chi connectivity index (χ4n) is 1.67. The van der Waals surface area contributed by atoms with E-state index in [1.165, 1.54) is 7.11 Å². The van der Waals surface area contributed by atoms with Crippen LogP contribution in [-0.4, -0.2) is 13.0 Å². The van der Waals surface area contributed by atoms with Gasteiger partial charge in [0.05, 0.1) is 23.4 Å². The maximum Gasteiger partial charge on any atom is 0.257 e. The van der Waals surface area contributed by atoms with Crippen LogP contribution in [0, 0.1) is 0 Å². The average molecular weight is 356 g/mol. The van der Waals surface area contributed by atoms with Crippen LogP contribution in [0.4, 0.5) is 11.4 Å². The Morgan fingerprint density at radius 3 is 2.70 bits per heavy atom. The Kier molecular flexibility index (Phi) is 4.52. The summed E-state index contributed by atoms with van der Waals surface area (Å²) in [6.07, 6.45) is 0. The SMILES string of the molecule is COc1cc(N)ccc1NC(=O)c1ccc(Br)cc1Cl. The monoisotopic (exact) mass is 354 g/mol. The largest absolute Gasteiger partial charge is 0.494 e. The summed E-state index contributed by atoms with van der Waals surface area (Å²) in [5, 5.41) is 3.11. The molecule has 0 radical (unpaired) electrons. The van der Waals surface area contributed by atoms with Crippen molar-refractivity contribution in [2.45, 2.75) is 0 Å². The smallest absolute Gasteiger partial charge is 0.257 e. The predicted molar refractivity (Wildman–Crippen MR) is 84.5 cm³/mol. The zero-order valence-corrected chi connectivity index (χ0v) is 13.0. The lowest BCUT2D eigenvalue weighted by Crippen LogP contribution is -2.13. The molecule has 2 aromatic carbocycles. The lowest BCUT2D eigenvalue weighted by Gasteiger charge is -2.11. The first kappa shape index (κ1) is 14.7. The van der Waals surface area contributed by atoms with Crippen LogP contribution < -0.4 is 15.8 Å². The lowest BCUT2D eigenvalue weighted by molar-refractivity contribution is 0.102. The van der Waals surface area contributed by atoms with Gasteiger partial charge >= 0.3 is 0 Å². The van der Waals surface area contributed by atoms with E-state index in [2.05, 4.69) is 21.2 Å². The van der Waals surface area contributed by atoms with Crippen molar-refractivity contribution in [3.63, 3.8) is 0 Å². The summed E-state index contributed by atoms with van der Waals surface area (Å²) in [6.45, 7) is 0. The van der Waals surface area contributed by atoms with Crippen molar-refractivity contribution in [2.24, 2.45) is 0 Å². The van der Waals surface area contributed by atoms with Crippen LogP contribution in [-0.2, 0) is 0 Å². The molecule has 0 saturated carbocycles. The first-order chi connectivity index (χ1) is 9.51. The Labute approximate surface area is 130 Å². The third kappa shape index (κ3) is 3.23. The Morgan fingerprint density at radius 2 is 2.05 bits per heavy atom. The third-order valence-electron chi connectivity index (χ3n) is 2.65. The van der Waals surface area contributed by atoms with Gasteiger partial charge in [-0.1, -0.05) is 27.5 Å². The summed E-state index contributed by atoms with van der Waals surface area (Å²) < 4.78 is 5.99. The van der Waals surface area contributed by atoms with Gasteiger partial charge < -0.3 is 15.8 Å². The highest BCUT2D eigenvalue weighted by Gasteiger charge is 2.13. The fraction of sp³-hybridized carbons (Fsp3) is 0.0714. The number of carbonyl (C=O) groups is 1. The van der Waals surface area contributed by atoms with Gasteiger partial charge in [0.1, 0.15) is 5.75 Å². The normalized spacial score (nSPS) is 10.2. The number of hydrogen-bond donors (Lipinski definition) is 2. The summed E-state index contributed by atoms with van der Waals surface area (Å²) in [5.74, 6) is 0.178. The van der Waals surface area contributed by atoms with Crippen molar-refractivity contribution >= 4 is 44.8 Å². The highest BCUT2D eigenvalue weighted by Crippen LogP contribution is 2.28. The number of halogens is 2. The molecule has 3 N–H and O–H groups in total. The maximum atomic E-state index is 12.2. The highest BCUT2D eigenvalue weighted by atomic mass is 79.9. The number of nitrogens with one attached hydrogen (secondary N) is 1. The van der Waals surface area contributed by atoms with E-state index in [0.29, 0.717) is 27.7 Å². The van der Waals surface area contributed by atoms with Gasteiger partial charge in [0, 0.05) is 16.2 Å². The molecular weight excluding hydrogens is 344 g/mol. The minimum absolute atomic E-state index is 0.314. The highest BCUT2D eigenvalue weighted by molar-refractivity contribution is 9.10. The molecule has 0 heterocycles. The van der Waals surface area contributed by atoms with Crippen molar-refractivity contribution < 1.29 is 9.53 Å². The van der Waals surface area contributed by atoms with Crippen molar-refractivity contribution in [1.82, 2.24) is 0 Å². The molecule has 0 unspecified atom stereocenters. The lowest BCUT2D eigenvalue weighted by atomic mass is 10.2. The van der Waals surface area contributed by atoms with Gasteiger partial charge in [-0.05, 0) is 30.3 Å². The first-order valence-electron chi connectivity index (χ1n) is 5.71. The number of ether oxygens (including phenoxy) is 1. The quantitative estimate of drug-likeness (QED) is 0.820. The van der Waals surface area contributed by atoms with E-state index in [-0.39, 0.29) is 5.91 Å². The van der Waals surface area contributed by atoms with Gasteiger partial charge in [-0.25, -0.2) is 0 Å². The fourth-order valence-corrected chi connectivity index (χ4v) is 2.43. The second kappa shape index (κ2) is 6.15. The molecule has 6 heteroatoms. The number of anilines is 2. The minimum atomic E-state index is -0.314. The maximum absolute atomic E-state index is 12.2. The van der Waals surface area contributed by atoms with Gasteiger partial charge in [-0.2, -0.15) is 0 Å². The molecule has 0 aliphatic heterocycles. The van der Waals surface area contributed by atoms with E-state index in [0.717, 1.165) is 4.47 Å². The molecule has 0 atom stereocenters. The van der Waals surface area contributed by atoms with Crippen molar-refractivity contribution in [2.75, 3.05) is 18.2 Å². The number of carbonyl (C=O) groups excluding carboxylic acids is 1. The standard InChI is InChI=1S/C14H12BrClN2O2/c1-20-13-7-9(17)3-5-12(13)18-14(19)10-4-2-8(15)6-11(10)16/h2-7H,17H2,1H3,(H,18,19). The Morgan fingerprint density at radius 1 is 1.30 bits per heavy atom. The zero-order chi connectivity index (χ0) is 14.7. The van der Waals surface area contributed by atoms with E-state index in [1.54, 1.807) is 36.4 Å². The first-order valence-corrected chi connectivity index (χ1v) is 6.88. The van der Waals surface area contributed by atoms with Crippen LogP contribution >= 0.6 is 27.5 Å². The van der Waals surface area contributed by atoms with Crippen LogP contribution in [0.3, 0.4) is 0 Å². The third-order valence-corrected chi connectivity index (χ3v) is 3.46. The van der Waals surface area contributed by atoms with Gasteiger partial charge in [-0.3, -0.25) is 4.79 Å². The second-order valence-electron chi connectivity index (χ2n) is 4.04. The molecule has 1 amide bonds. The molecule has 0 saturated heterocycles. The summed E-state index contributed by atoms with van der Waals surface area (Å²) in [5.41, 5.74) is 7.14. The molecule has 0 aliphatic rings. The number of hydrogen-bond acceptors (Lipinski definition) is 3. The molecule has 0 bridgehead atoms. The van der Waals surface area contributed by atoms with Crippen LogP contribution in [0.2, 0.25) is 5.02 Å². The average Bonchev–Trinajstić information content (AvgIpc) is 2.40. The van der Waals surface area contributed by atoms with Crippen LogP contribution in [0.15, 0.2) is 40.9 Å². The summed E-state index contributed by atoms with van der Waals surface area (Å²) in [4.78, 5) is 12.2. The Balaban J connectivity index is 2.28. The van der Waals surface area contributed by atoms with E-state index >= 15 is 0 Å². The van der Waals surface area contributed by atoms with E-state index in [1.807, 2.05) is 0 Å². The molecule has 4 nitrogen and oxygen atoms in total. The molecule has 0 fully saturated rings. The van der Waals surface area contributed by atoms with Crippen LogP contribution in [0.5, 0.6) is 5.75 Å². The van der Waals surface area contributed by atoms with E-state index in [4.69, 9.17) is 22.1 Å². The van der Waals surface area contributed by atoms with Crippen LogP contribution in [0.25, 0.3) is 0 Å². The summed E-state index contributed by atoms with van der Waals surface area (Å²) in [6, 6.07) is 10.1. The molecule has 0 spiro atoms. The summed E-state index contributed by atoms with van der Waals surface area (Å²) in [7, 11) is 1.51. The van der Waals surface area contributed by atoms with Crippen LogP contribution in [0.1, 0.15) is 10.4 Å². The second-order valence-corrected chi connectivity index (χ2v) is 5.36. The number of nitrogen functional groups attached to an aromatic ring is 1. The molecule has 104 valence electrons. The zero-order valence-electron chi connectivity index (χ0n) is 10.6. The number of rotatable bonds is 3. The predicted octanol–water partition coefficient (Wildman–Crippen LogP) is 3.95. The van der Waals surface area contributed by atoms with Gasteiger partial charge in [-0.15, -0.1) is 0 Å². The molecular formula is C14H12BrClN2O2. The number of benzene rings is 2. The molecule has 2 rings (SSSR count). The van der Waals surface area contributed by atoms with E-state index < -0.39 is 0 Å². The van der Waals surface area contributed by atoms with Crippen molar-refractivity contribution in [3.8, 4) is 5.75 Å². The van der Waals surface area contributed by atoms with E-state index in [9.17, 15) is 4.79 Å². The minimum Gasteiger partial charge on any atom is -0.494 e. The molecule has 0 aliphatic carbocycles. The van der Waals surface area contributed by atoms with Gasteiger partial charge in [0.15, 0.2) is 0 Å². The summed E-state index contributed by atoms with van der Waals surface area (Å²) >= 11 is 9.34. The Bertz CT molecular complexity index is 662. The van der Waals surface area contributed by atoms with Crippen molar-refractivity contribution in [1.29, 1.82) is 0 Å². The topological polar surface area (TPSA) is 64.3 Å². The van der Waals surface area contributed by atoms with Crippen molar-refractivity contribution in [3.05, 3.63) is 51.5 Å². The number of nitrogens with two attached hydrogens (primary N) is 1. The molecule has 0 aromatic heterocycles. The molecule has 20 heavy (non-hydrogen) atoms.